The number of hydrogen-bond donors (Lipinski definition) is 2. The van der Waals surface area contributed by atoms with Crippen LogP contribution in [0.1, 0.15) is 88.5 Å². The zero-order valence-corrected chi connectivity index (χ0v) is 35.6. The van der Waals surface area contributed by atoms with Crippen molar-refractivity contribution in [2.75, 3.05) is 6.54 Å². The molecular formula is C48H52N6O8. The van der Waals surface area contributed by atoms with Crippen molar-refractivity contribution < 1.29 is 19.2 Å². The third-order valence-electron chi connectivity index (χ3n) is 13.4. The van der Waals surface area contributed by atoms with E-state index in [-0.39, 0.29) is 73.2 Å². The SMILES string of the molecule is C=Cc1ccc(CNC2CC(=O)N(CC(CC)(CC)n3c(=O)c4cc5c(=O)n(CC(CC)(CC)N6C(=O)CC(NCc7ccc(C=C)cc7)C6=O)c(=O)c5cc4c3=O)C2=O)cc1. The smallest absolute Gasteiger partial charge is 0.262 e. The first-order valence-corrected chi connectivity index (χ1v) is 21.2. The third kappa shape index (κ3) is 7.40. The van der Waals surface area contributed by atoms with E-state index in [1.54, 1.807) is 39.8 Å². The number of aromatic nitrogens is 2. The maximum atomic E-state index is 14.3. The third-order valence-corrected chi connectivity index (χ3v) is 13.4. The van der Waals surface area contributed by atoms with Crippen molar-refractivity contribution >= 4 is 57.3 Å². The second-order valence-electron chi connectivity index (χ2n) is 16.5. The molecule has 2 atom stereocenters. The molecule has 0 saturated carbocycles. The van der Waals surface area contributed by atoms with Gasteiger partial charge in [0.25, 0.3) is 22.2 Å². The van der Waals surface area contributed by atoms with Crippen LogP contribution in [0.25, 0.3) is 33.7 Å². The van der Waals surface area contributed by atoms with E-state index in [1.807, 2.05) is 48.5 Å². The Balaban J connectivity index is 1.16. The summed E-state index contributed by atoms with van der Waals surface area (Å²) in [5.74, 6) is -1.74. The Labute approximate surface area is 358 Å². The number of fused-ring (bicyclic) bond motifs is 2. The minimum Gasteiger partial charge on any atom is -0.301 e. The molecule has 0 bridgehead atoms. The number of imide groups is 2. The van der Waals surface area contributed by atoms with E-state index in [0.717, 1.165) is 36.3 Å². The number of likely N-dealkylation sites (tertiary alicyclic amines) is 2. The molecule has 7 rings (SSSR count). The predicted molar refractivity (Wildman–Crippen MR) is 239 cm³/mol. The normalized spacial score (nSPS) is 17.4. The first-order valence-electron chi connectivity index (χ1n) is 21.2. The Morgan fingerprint density at radius 3 is 1.42 bits per heavy atom. The molecule has 0 spiro atoms. The predicted octanol–water partition coefficient (Wildman–Crippen LogP) is 4.11. The summed E-state index contributed by atoms with van der Waals surface area (Å²) in [6.07, 6.45) is 4.24. The molecule has 0 aliphatic carbocycles. The van der Waals surface area contributed by atoms with E-state index in [2.05, 4.69) is 23.8 Å². The van der Waals surface area contributed by atoms with Gasteiger partial charge in [0.05, 0.1) is 70.6 Å². The van der Waals surface area contributed by atoms with Gasteiger partial charge in [-0.25, -0.2) is 0 Å². The van der Waals surface area contributed by atoms with Crippen LogP contribution in [0.4, 0.5) is 0 Å². The molecule has 4 amide bonds. The van der Waals surface area contributed by atoms with Crippen molar-refractivity contribution in [2.45, 2.75) is 109 Å². The summed E-state index contributed by atoms with van der Waals surface area (Å²) >= 11 is 0. The van der Waals surface area contributed by atoms with Crippen LogP contribution >= 0.6 is 0 Å². The molecule has 0 radical (unpaired) electrons. The van der Waals surface area contributed by atoms with Gasteiger partial charge in [-0.1, -0.05) is 102 Å². The number of benzene rings is 3. The number of nitrogens with one attached hydrogen (secondary N) is 2. The average molecular weight is 841 g/mol. The Hall–Kier alpha value is -6.38. The van der Waals surface area contributed by atoms with Crippen molar-refractivity contribution in [3.8, 4) is 0 Å². The molecule has 2 aromatic heterocycles. The van der Waals surface area contributed by atoms with Gasteiger partial charge in [-0.3, -0.25) is 57.3 Å². The summed E-state index contributed by atoms with van der Waals surface area (Å²) in [6.45, 7) is 14.8. The fourth-order valence-electron chi connectivity index (χ4n) is 9.23. The van der Waals surface area contributed by atoms with Gasteiger partial charge >= 0.3 is 0 Å². The summed E-state index contributed by atoms with van der Waals surface area (Å²) in [6, 6.07) is 16.2. The van der Waals surface area contributed by atoms with Gasteiger partial charge in [0.1, 0.15) is 0 Å². The first kappa shape index (κ1) is 43.7. The summed E-state index contributed by atoms with van der Waals surface area (Å²) < 4.78 is 2.07. The van der Waals surface area contributed by atoms with Crippen LogP contribution in [0, 0.1) is 0 Å². The number of hydrogen-bond acceptors (Lipinski definition) is 10. The number of nitrogens with zero attached hydrogens (tertiary/aromatic N) is 4. The number of amides is 4. The molecule has 62 heavy (non-hydrogen) atoms. The molecular weight excluding hydrogens is 789 g/mol. The van der Waals surface area contributed by atoms with E-state index in [1.165, 1.54) is 17.0 Å². The molecule has 5 aromatic rings. The highest BCUT2D eigenvalue weighted by Gasteiger charge is 2.50. The van der Waals surface area contributed by atoms with Crippen LogP contribution in [0.15, 0.2) is 93.0 Å². The van der Waals surface area contributed by atoms with Gasteiger partial charge < -0.3 is 10.6 Å². The maximum absolute atomic E-state index is 14.3. The van der Waals surface area contributed by atoms with E-state index < -0.39 is 69.0 Å². The summed E-state index contributed by atoms with van der Waals surface area (Å²) in [4.78, 5) is 114. The second kappa shape index (κ2) is 17.2. The minimum absolute atomic E-state index is 0.0701. The Bertz CT molecular complexity index is 2740. The Morgan fingerprint density at radius 2 is 0.984 bits per heavy atom. The summed E-state index contributed by atoms with van der Waals surface area (Å²) in [7, 11) is 0. The van der Waals surface area contributed by atoms with Gasteiger partial charge in [0.15, 0.2) is 0 Å². The fraction of sp³-hybridized carbons (Fsp3) is 0.375. The molecule has 3 aromatic carbocycles. The molecule has 2 fully saturated rings. The molecule has 2 unspecified atom stereocenters. The van der Waals surface area contributed by atoms with Gasteiger partial charge in [-0.05, 0) is 60.1 Å². The number of carbonyl (C=O) groups is 4. The minimum atomic E-state index is -1.28. The second-order valence-corrected chi connectivity index (χ2v) is 16.5. The van der Waals surface area contributed by atoms with E-state index in [9.17, 15) is 38.4 Å². The highest BCUT2D eigenvalue weighted by molar-refractivity contribution is 6.07. The van der Waals surface area contributed by atoms with Crippen LogP contribution < -0.4 is 32.9 Å². The van der Waals surface area contributed by atoms with Gasteiger partial charge in [0.2, 0.25) is 23.6 Å². The number of rotatable bonds is 18. The zero-order valence-electron chi connectivity index (χ0n) is 35.6. The van der Waals surface area contributed by atoms with Crippen molar-refractivity contribution in [3.63, 3.8) is 0 Å². The van der Waals surface area contributed by atoms with Crippen LogP contribution in [0.3, 0.4) is 0 Å². The van der Waals surface area contributed by atoms with Gasteiger partial charge in [-0.15, -0.1) is 0 Å². The fourth-order valence-corrected chi connectivity index (χ4v) is 9.23. The largest absolute Gasteiger partial charge is 0.301 e. The first-order chi connectivity index (χ1) is 29.7. The van der Waals surface area contributed by atoms with Gasteiger partial charge in [-0.2, -0.15) is 0 Å². The van der Waals surface area contributed by atoms with E-state index in [4.69, 9.17) is 0 Å². The number of carbonyl (C=O) groups excluding carboxylic acids is 4. The summed E-state index contributed by atoms with van der Waals surface area (Å²) in [5, 5.41) is 6.07. The van der Waals surface area contributed by atoms with Crippen LogP contribution in [-0.4, -0.2) is 66.7 Å². The van der Waals surface area contributed by atoms with Crippen LogP contribution in [-0.2, 0) is 44.4 Å². The average Bonchev–Trinajstić information content (AvgIpc) is 3.91. The lowest BCUT2D eigenvalue weighted by atomic mass is 9.90. The lowest BCUT2D eigenvalue weighted by Gasteiger charge is -2.39. The zero-order chi connectivity index (χ0) is 44.7. The van der Waals surface area contributed by atoms with Crippen molar-refractivity contribution in [3.05, 3.63) is 137 Å². The lowest BCUT2D eigenvalue weighted by Crippen LogP contribution is -2.56. The quantitative estimate of drug-likeness (QED) is 0.122. The molecule has 2 N–H and O–H groups in total. The highest BCUT2D eigenvalue weighted by Crippen LogP contribution is 2.33. The van der Waals surface area contributed by atoms with Crippen molar-refractivity contribution in [2.24, 2.45) is 0 Å². The van der Waals surface area contributed by atoms with Crippen LogP contribution in [0.2, 0.25) is 0 Å². The molecule has 14 nitrogen and oxygen atoms in total. The molecule has 2 aliphatic rings. The molecule has 322 valence electrons. The molecule has 2 saturated heterocycles. The topological polar surface area (TPSA) is 177 Å². The molecule has 2 aliphatic heterocycles. The Morgan fingerprint density at radius 1 is 0.565 bits per heavy atom. The van der Waals surface area contributed by atoms with Crippen LogP contribution in [0.5, 0.6) is 0 Å². The maximum Gasteiger partial charge on any atom is 0.262 e. The molecule has 4 heterocycles. The standard InChI is InChI=1S/C48H52N6O8/c1-7-29-13-17-31(18-14-29)25-49-37-23-39(55)51(45(37)61)27-48(11-5,12-6)54-43(59)35-21-33-34(22-36(35)44(54)60)42(58)52(41(33)57)28-47(9-3,10-4)53-40(56)24-38(46(53)62)50-26-32-19-15-30(8-2)16-20-32/h7-8,13-22,37-38,49-50H,1-2,9-12,23-28H2,3-6H3. The summed E-state index contributed by atoms with van der Waals surface area (Å²) in [5.41, 5.74) is -1.59. The highest BCUT2D eigenvalue weighted by atomic mass is 16.2. The Kier molecular flexibility index (Phi) is 12.1. The van der Waals surface area contributed by atoms with Crippen molar-refractivity contribution in [1.82, 2.24) is 29.6 Å². The van der Waals surface area contributed by atoms with E-state index in [0.29, 0.717) is 13.1 Å². The van der Waals surface area contributed by atoms with Crippen molar-refractivity contribution in [1.29, 1.82) is 0 Å². The molecule has 14 heteroatoms. The monoisotopic (exact) mass is 840 g/mol. The lowest BCUT2D eigenvalue weighted by molar-refractivity contribution is -0.148. The van der Waals surface area contributed by atoms with Gasteiger partial charge in [0, 0.05) is 13.1 Å². The van der Waals surface area contributed by atoms with E-state index >= 15 is 0 Å².